The zero-order valence-electron chi connectivity index (χ0n) is 17.2. The third-order valence-electron chi connectivity index (χ3n) is 8.74. The summed E-state index contributed by atoms with van der Waals surface area (Å²) in [4.78, 5) is 12.6. The average molecular weight is 383 g/mol. The van der Waals surface area contributed by atoms with E-state index in [1.807, 2.05) is 0 Å². The normalized spacial score (nSPS) is 32.6. The Hall–Kier alpha value is -1.35. The number of fused-ring (bicyclic) bond motifs is 5. The monoisotopic (exact) mass is 382 g/mol. The molecule has 3 aliphatic rings. The van der Waals surface area contributed by atoms with Gasteiger partial charge in [-0.15, -0.1) is 6.58 Å². The van der Waals surface area contributed by atoms with Crippen LogP contribution < -0.4 is 5.19 Å². The predicted octanol–water partition coefficient (Wildman–Crippen LogP) is 5.24. The van der Waals surface area contributed by atoms with Crippen LogP contribution in [0.1, 0.15) is 69.9 Å². The van der Waals surface area contributed by atoms with Gasteiger partial charge in [0.1, 0.15) is 19.6 Å². The molecule has 1 aromatic carbocycles. The summed E-state index contributed by atoms with van der Waals surface area (Å²) in [6.07, 6.45) is 6.27. The Balaban J connectivity index is 1.77. The summed E-state index contributed by atoms with van der Waals surface area (Å²) in [6.45, 7) is 10.9. The van der Waals surface area contributed by atoms with Crippen LogP contribution in [-0.2, 0) is 11.2 Å². The number of hydrogen-bond acceptors (Lipinski definition) is 2. The number of phenols is 1. The molecule has 0 spiro atoms. The van der Waals surface area contributed by atoms with Crippen molar-refractivity contribution in [3.05, 3.63) is 35.5 Å². The molecule has 0 unspecified atom stereocenters. The first-order valence-electron chi connectivity index (χ1n) is 10.9. The van der Waals surface area contributed by atoms with Gasteiger partial charge in [0.2, 0.25) is 0 Å². The van der Waals surface area contributed by atoms with Gasteiger partial charge in [0.15, 0.2) is 0 Å². The van der Waals surface area contributed by atoms with E-state index in [0.29, 0.717) is 29.3 Å². The first kappa shape index (κ1) is 19.0. The average Bonchev–Trinajstić information content (AvgIpc) is 2.98. The standard InChI is InChI=1S/C24H34O2Si/c1-5-27(6-2,7-3)22-15-19-16(14-21(22)25)8-9-18-17(19)12-13-24(4)20(18)10-11-23(24)26/h5,14-15,17-18,20,25H,1,6-13H2,2-4H3/t17-,18+,20-,24-/m0/s1. The molecule has 146 valence electrons. The number of phenolic OH excluding ortho intramolecular Hbond substituents is 1. The van der Waals surface area contributed by atoms with Gasteiger partial charge in [0.05, 0.1) is 0 Å². The molecule has 0 bridgehead atoms. The van der Waals surface area contributed by atoms with E-state index in [-0.39, 0.29) is 5.41 Å². The molecule has 0 aliphatic heterocycles. The Morgan fingerprint density at radius 3 is 2.63 bits per heavy atom. The maximum absolute atomic E-state index is 12.6. The van der Waals surface area contributed by atoms with E-state index in [1.165, 1.54) is 22.7 Å². The smallest absolute Gasteiger partial charge is 0.139 e. The van der Waals surface area contributed by atoms with Crippen molar-refractivity contribution in [2.45, 2.75) is 77.3 Å². The second-order valence-corrected chi connectivity index (χ2v) is 14.1. The molecule has 2 nitrogen and oxygen atoms in total. The molecule has 0 radical (unpaired) electrons. The quantitative estimate of drug-likeness (QED) is 0.723. The summed E-state index contributed by atoms with van der Waals surface area (Å²) in [5, 5.41) is 12.1. The van der Waals surface area contributed by atoms with Crippen LogP contribution in [-0.4, -0.2) is 19.0 Å². The number of carbonyl (C=O) groups excluding carboxylic acids is 1. The Morgan fingerprint density at radius 2 is 1.96 bits per heavy atom. The maximum atomic E-state index is 12.6. The van der Waals surface area contributed by atoms with Crippen LogP contribution in [0.2, 0.25) is 12.1 Å². The number of aromatic hydroxyl groups is 1. The van der Waals surface area contributed by atoms with Crippen LogP contribution >= 0.6 is 0 Å². The van der Waals surface area contributed by atoms with E-state index >= 15 is 0 Å². The highest BCUT2D eigenvalue weighted by molar-refractivity contribution is 6.96. The number of rotatable bonds is 4. The van der Waals surface area contributed by atoms with Crippen LogP contribution in [0, 0.1) is 17.3 Å². The van der Waals surface area contributed by atoms with E-state index in [0.717, 1.165) is 44.2 Å². The van der Waals surface area contributed by atoms with E-state index in [1.54, 1.807) is 0 Å². The molecule has 3 heteroatoms. The van der Waals surface area contributed by atoms with Crippen LogP contribution in [0.5, 0.6) is 5.75 Å². The van der Waals surface area contributed by atoms with Crippen molar-refractivity contribution in [2.75, 3.05) is 0 Å². The van der Waals surface area contributed by atoms with Gasteiger partial charge >= 0.3 is 0 Å². The first-order valence-corrected chi connectivity index (χ1v) is 13.4. The van der Waals surface area contributed by atoms with Crippen LogP contribution in [0.3, 0.4) is 0 Å². The summed E-state index contributed by atoms with van der Waals surface area (Å²) in [5.74, 6) is 2.79. The second-order valence-electron chi connectivity index (χ2n) is 9.47. The molecule has 2 saturated carbocycles. The predicted molar refractivity (Wildman–Crippen MR) is 114 cm³/mol. The van der Waals surface area contributed by atoms with Gasteiger partial charge in [-0.1, -0.05) is 44.6 Å². The number of Topliss-reactive ketones (excluding diaryl/α,β-unsaturated/α-hetero) is 1. The van der Waals surface area contributed by atoms with Crippen molar-refractivity contribution in [3.8, 4) is 5.75 Å². The van der Waals surface area contributed by atoms with Gasteiger partial charge < -0.3 is 5.11 Å². The van der Waals surface area contributed by atoms with Crippen molar-refractivity contribution in [1.82, 2.24) is 0 Å². The van der Waals surface area contributed by atoms with E-state index < -0.39 is 8.07 Å². The van der Waals surface area contributed by atoms with Gasteiger partial charge in [-0.25, -0.2) is 0 Å². The first-order chi connectivity index (χ1) is 12.9. The van der Waals surface area contributed by atoms with E-state index in [4.69, 9.17) is 0 Å². The molecular weight excluding hydrogens is 348 g/mol. The molecule has 0 amide bonds. The molecule has 0 aromatic heterocycles. The third kappa shape index (κ3) is 2.61. The molecule has 0 saturated heterocycles. The fraction of sp³-hybridized carbons (Fsp3) is 0.625. The molecule has 4 rings (SSSR count). The molecule has 0 heterocycles. The SMILES string of the molecule is C=C[Si](CC)(CC)c1cc2c(cc1O)CC[C@@H]1[C@@H]2CC[C@]2(C)C(=O)CC[C@@H]12. The topological polar surface area (TPSA) is 37.3 Å². The lowest BCUT2D eigenvalue weighted by molar-refractivity contribution is -0.129. The van der Waals surface area contributed by atoms with Gasteiger partial charge in [0, 0.05) is 11.8 Å². The van der Waals surface area contributed by atoms with Gasteiger partial charge in [-0.3, -0.25) is 4.79 Å². The van der Waals surface area contributed by atoms with Crippen LogP contribution in [0.15, 0.2) is 24.4 Å². The molecule has 1 aromatic rings. The molecule has 27 heavy (non-hydrogen) atoms. The highest BCUT2D eigenvalue weighted by atomic mass is 28.3. The van der Waals surface area contributed by atoms with E-state index in [2.05, 4.69) is 45.2 Å². The van der Waals surface area contributed by atoms with Crippen molar-refractivity contribution < 1.29 is 9.90 Å². The van der Waals surface area contributed by atoms with Gasteiger partial charge in [-0.05, 0) is 72.2 Å². The summed E-state index contributed by atoms with van der Waals surface area (Å²) in [6, 6.07) is 6.62. The molecule has 2 fully saturated rings. The van der Waals surface area contributed by atoms with E-state index in [9.17, 15) is 9.90 Å². The zero-order valence-corrected chi connectivity index (χ0v) is 18.2. The number of benzene rings is 1. The lowest BCUT2D eigenvalue weighted by atomic mass is 9.55. The molecule has 1 N–H and O–H groups in total. The van der Waals surface area contributed by atoms with Crippen molar-refractivity contribution >= 4 is 19.0 Å². The number of carbonyl (C=O) groups is 1. The Kier molecular flexibility index (Phi) is 4.65. The highest BCUT2D eigenvalue weighted by Crippen LogP contribution is 2.59. The summed E-state index contributed by atoms with van der Waals surface area (Å²) in [7, 11) is -1.85. The molecule has 3 aliphatic carbocycles. The van der Waals surface area contributed by atoms with Crippen LogP contribution in [0.4, 0.5) is 0 Å². The maximum Gasteiger partial charge on any atom is 0.139 e. The molecular formula is C24H34O2Si. The Morgan fingerprint density at radius 1 is 1.22 bits per heavy atom. The molecule has 4 atom stereocenters. The lowest BCUT2D eigenvalue weighted by Gasteiger charge is -2.48. The zero-order chi connectivity index (χ0) is 19.4. The summed E-state index contributed by atoms with van der Waals surface area (Å²) < 4.78 is 0. The van der Waals surface area contributed by atoms with Crippen molar-refractivity contribution in [2.24, 2.45) is 17.3 Å². The largest absolute Gasteiger partial charge is 0.508 e. The summed E-state index contributed by atoms with van der Waals surface area (Å²) >= 11 is 0. The van der Waals surface area contributed by atoms with Crippen LogP contribution in [0.25, 0.3) is 0 Å². The highest BCUT2D eigenvalue weighted by Gasteiger charge is 2.54. The second kappa shape index (κ2) is 6.61. The number of aryl methyl sites for hydroxylation is 1. The summed E-state index contributed by atoms with van der Waals surface area (Å²) in [5.41, 5.74) is 4.94. The minimum Gasteiger partial charge on any atom is -0.508 e. The third-order valence-corrected chi connectivity index (χ3v) is 13.5. The fourth-order valence-electron chi connectivity index (χ4n) is 6.81. The lowest BCUT2D eigenvalue weighted by Crippen LogP contribution is -2.46. The number of ketones is 1. The van der Waals surface area contributed by atoms with Gasteiger partial charge in [-0.2, -0.15) is 0 Å². The van der Waals surface area contributed by atoms with Gasteiger partial charge in [0.25, 0.3) is 0 Å². The van der Waals surface area contributed by atoms with Crippen molar-refractivity contribution in [1.29, 1.82) is 0 Å². The minimum absolute atomic E-state index is 0.0646. The number of hydrogen-bond donors (Lipinski definition) is 1. The fourth-order valence-corrected chi connectivity index (χ4v) is 9.89. The van der Waals surface area contributed by atoms with Crippen molar-refractivity contribution in [3.63, 3.8) is 0 Å². The Labute approximate surface area is 165 Å². The minimum atomic E-state index is -1.85. The Bertz CT molecular complexity index is 779.